The van der Waals surface area contributed by atoms with Crippen LogP contribution in [0.3, 0.4) is 0 Å². The lowest BCUT2D eigenvalue weighted by molar-refractivity contribution is 0.168. The number of rotatable bonds is 4. The van der Waals surface area contributed by atoms with E-state index in [9.17, 15) is 4.79 Å². The Morgan fingerprint density at radius 1 is 1.30 bits per heavy atom. The number of carbonyl (C=O) groups excluding carboxylic acids is 1. The molecule has 1 aromatic carbocycles. The molecule has 1 amide bonds. The fraction of sp³-hybridized carbons (Fsp3) is 0.143. The Morgan fingerprint density at radius 3 is 2.75 bits per heavy atom. The number of carbonyl (C=O) groups is 1. The Hall–Kier alpha value is -2.27. The standard InChI is InChI=1S/C14H14ClN3O2/c1-2-20-14(19)18-13-8-7-10(9-16-13)17-12-6-4-3-5-11(12)15/h3-9,17H,2H2,1H3,(H,16,18,19). The second-order valence-corrected chi connectivity index (χ2v) is 4.29. The van der Waals surface area contributed by atoms with E-state index < -0.39 is 6.09 Å². The summed E-state index contributed by atoms with van der Waals surface area (Å²) in [6.45, 7) is 2.06. The lowest BCUT2D eigenvalue weighted by atomic mass is 10.3. The van der Waals surface area contributed by atoms with Gasteiger partial charge >= 0.3 is 6.09 Å². The van der Waals surface area contributed by atoms with Gasteiger partial charge in [0.25, 0.3) is 0 Å². The SMILES string of the molecule is CCOC(=O)Nc1ccc(Nc2ccccc2Cl)cn1. The van der Waals surface area contributed by atoms with Gasteiger partial charge in [0.1, 0.15) is 5.82 Å². The summed E-state index contributed by atoms with van der Waals surface area (Å²) in [4.78, 5) is 15.3. The summed E-state index contributed by atoms with van der Waals surface area (Å²) in [6.07, 6.45) is 1.08. The lowest BCUT2D eigenvalue weighted by Gasteiger charge is -2.09. The third-order valence-corrected chi connectivity index (χ3v) is 2.75. The molecule has 0 aliphatic carbocycles. The van der Waals surface area contributed by atoms with Gasteiger partial charge in [0.15, 0.2) is 0 Å². The molecule has 0 aliphatic rings. The van der Waals surface area contributed by atoms with Gasteiger partial charge < -0.3 is 10.1 Å². The van der Waals surface area contributed by atoms with Crippen LogP contribution >= 0.6 is 11.6 Å². The molecule has 0 unspecified atom stereocenters. The van der Waals surface area contributed by atoms with Gasteiger partial charge in [-0.3, -0.25) is 5.32 Å². The molecule has 5 nitrogen and oxygen atoms in total. The topological polar surface area (TPSA) is 63.2 Å². The Morgan fingerprint density at radius 2 is 2.10 bits per heavy atom. The van der Waals surface area contributed by atoms with Gasteiger partial charge in [-0.25, -0.2) is 9.78 Å². The Labute approximate surface area is 121 Å². The van der Waals surface area contributed by atoms with Gasteiger partial charge in [-0.1, -0.05) is 23.7 Å². The number of halogens is 1. The third kappa shape index (κ3) is 3.86. The highest BCUT2D eigenvalue weighted by Gasteiger charge is 2.04. The first kappa shape index (κ1) is 14.1. The van der Waals surface area contributed by atoms with E-state index in [-0.39, 0.29) is 0 Å². The van der Waals surface area contributed by atoms with Gasteiger partial charge in [-0.05, 0) is 31.2 Å². The first-order valence-corrected chi connectivity index (χ1v) is 6.48. The van der Waals surface area contributed by atoms with Gasteiger partial charge in [-0.2, -0.15) is 0 Å². The summed E-state index contributed by atoms with van der Waals surface area (Å²) in [5.41, 5.74) is 1.56. The van der Waals surface area contributed by atoms with E-state index in [0.717, 1.165) is 11.4 Å². The number of benzene rings is 1. The maximum absolute atomic E-state index is 11.2. The molecule has 6 heteroatoms. The van der Waals surface area contributed by atoms with Crippen LogP contribution in [0.4, 0.5) is 22.0 Å². The van der Waals surface area contributed by atoms with E-state index in [1.165, 1.54) is 0 Å². The zero-order valence-electron chi connectivity index (χ0n) is 10.9. The van der Waals surface area contributed by atoms with E-state index in [0.29, 0.717) is 17.4 Å². The Balaban J connectivity index is 2.02. The number of anilines is 3. The highest BCUT2D eigenvalue weighted by molar-refractivity contribution is 6.33. The summed E-state index contributed by atoms with van der Waals surface area (Å²) >= 11 is 6.05. The van der Waals surface area contributed by atoms with Gasteiger partial charge in [0.2, 0.25) is 0 Å². The van der Waals surface area contributed by atoms with Crippen molar-refractivity contribution in [3.05, 3.63) is 47.6 Å². The third-order valence-electron chi connectivity index (χ3n) is 2.42. The van der Waals surface area contributed by atoms with Crippen LogP contribution in [0, 0.1) is 0 Å². The van der Waals surface area contributed by atoms with Gasteiger partial charge in [0, 0.05) is 0 Å². The Bertz CT molecular complexity index is 587. The van der Waals surface area contributed by atoms with E-state index in [1.54, 1.807) is 31.3 Å². The molecule has 0 bridgehead atoms. The predicted molar refractivity (Wildman–Crippen MR) is 79.6 cm³/mol. The van der Waals surface area contributed by atoms with Crippen molar-refractivity contribution in [3.63, 3.8) is 0 Å². The molecule has 0 spiro atoms. The minimum Gasteiger partial charge on any atom is -0.450 e. The number of para-hydroxylation sites is 1. The maximum Gasteiger partial charge on any atom is 0.412 e. The molecular formula is C14H14ClN3O2. The van der Waals surface area contributed by atoms with Gasteiger partial charge in [0.05, 0.1) is 29.2 Å². The number of nitrogens with zero attached hydrogens (tertiary/aromatic N) is 1. The molecule has 1 heterocycles. The van der Waals surface area contributed by atoms with Crippen molar-refractivity contribution in [2.75, 3.05) is 17.2 Å². The molecule has 0 radical (unpaired) electrons. The normalized spacial score (nSPS) is 9.90. The van der Waals surface area contributed by atoms with Crippen molar-refractivity contribution in [1.82, 2.24) is 4.98 Å². The fourth-order valence-electron chi connectivity index (χ4n) is 1.53. The number of hydrogen-bond acceptors (Lipinski definition) is 4. The molecule has 0 atom stereocenters. The zero-order chi connectivity index (χ0) is 14.4. The fourth-order valence-corrected chi connectivity index (χ4v) is 1.71. The smallest absolute Gasteiger partial charge is 0.412 e. The molecule has 104 valence electrons. The number of aromatic nitrogens is 1. The summed E-state index contributed by atoms with van der Waals surface area (Å²) < 4.78 is 4.76. The molecule has 2 aromatic rings. The first-order chi connectivity index (χ1) is 9.69. The Kier molecular flexibility index (Phi) is 4.79. The van der Waals surface area contributed by atoms with Crippen molar-refractivity contribution in [2.24, 2.45) is 0 Å². The van der Waals surface area contributed by atoms with Crippen LogP contribution in [0.15, 0.2) is 42.6 Å². The molecular weight excluding hydrogens is 278 g/mol. The van der Waals surface area contributed by atoms with Crippen molar-refractivity contribution < 1.29 is 9.53 Å². The van der Waals surface area contributed by atoms with Crippen LogP contribution in [0.25, 0.3) is 0 Å². The second-order valence-electron chi connectivity index (χ2n) is 3.88. The molecule has 0 saturated heterocycles. The van der Waals surface area contributed by atoms with E-state index in [1.807, 2.05) is 18.2 Å². The molecule has 2 rings (SSSR count). The number of nitrogens with one attached hydrogen (secondary N) is 2. The van der Waals surface area contributed by atoms with Crippen LogP contribution in [0.5, 0.6) is 0 Å². The molecule has 2 N–H and O–H groups in total. The van der Waals surface area contributed by atoms with E-state index >= 15 is 0 Å². The molecule has 0 saturated carbocycles. The largest absolute Gasteiger partial charge is 0.450 e. The summed E-state index contributed by atoms with van der Waals surface area (Å²) in [6, 6.07) is 10.9. The average Bonchev–Trinajstić information content (AvgIpc) is 2.44. The zero-order valence-corrected chi connectivity index (χ0v) is 11.6. The van der Waals surface area contributed by atoms with Crippen LogP contribution < -0.4 is 10.6 Å². The molecule has 20 heavy (non-hydrogen) atoms. The lowest BCUT2D eigenvalue weighted by Crippen LogP contribution is -2.14. The van der Waals surface area contributed by atoms with E-state index in [2.05, 4.69) is 15.6 Å². The highest BCUT2D eigenvalue weighted by Crippen LogP contribution is 2.24. The number of pyridine rings is 1. The minimum absolute atomic E-state index is 0.317. The average molecular weight is 292 g/mol. The minimum atomic E-state index is -0.521. The van der Waals surface area contributed by atoms with Crippen LogP contribution in [-0.4, -0.2) is 17.7 Å². The predicted octanol–water partition coefficient (Wildman–Crippen LogP) is 4.05. The number of amides is 1. The summed E-state index contributed by atoms with van der Waals surface area (Å²) in [5, 5.41) is 6.28. The molecule has 1 aromatic heterocycles. The van der Waals surface area contributed by atoms with Gasteiger partial charge in [-0.15, -0.1) is 0 Å². The van der Waals surface area contributed by atoms with Crippen LogP contribution in [-0.2, 0) is 4.74 Å². The first-order valence-electron chi connectivity index (χ1n) is 6.10. The quantitative estimate of drug-likeness (QED) is 0.892. The van der Waals surface area contributed by atoms with Crippen molar-refractivity contribution in [1.29, 1.82) is 0 Å². The monoisotopic (exact) mass is 291 g/mol. The highest BCUT2D eigenvalue weighted by atomic mass is 35.5. The second kappa shape index (κ2) is 6.77. The van der Waals surface area contributed by atoms with Crippen molar-refractivity contribution in [2.45, 2.75) is 6.92 Å². The molecule has 0 fully saturated rings. The summed E-state index contributed by atoms with van der Waals surface area (Å²) in [5.74, 6) is 0.424. The van der Waals surface area contributed by atoms with E-state index in [4.69, 9.17) is 16.3 Å². The van der Waals surface area contributed by atoms with Crippen LogP contribution in [0.2, 0.25) is 5.02 Å². The number of hydrogen-bond donors (Lipinski definition) is 2. The summed E-state index contributed by atoms with van der Waals surface area (Å²) in [7, 11) is 0. The van der Waals surface area contributed by atoms with Crippen LogP contribution in [0.1, 0.15) is 6.92 Å². The van der Waals surface area contributed by atoms with Crippen molar-refractivity contribution >= 4 is 34.9 Å². The number of ether oxygens (including phenoxy) is 1. The molecule has 0 aliphatic heterocycles. The maximum atomic E-state index is 11.2. The van der Waals surface area contributed by atoms with Crippen molar-refractivity contribution in [3.8, 4) is 0 Å².